The molecule has 0 saturated carbocycles. The molecule has 0 bridgehead atoms. The zero-order valence-electron chi connectivity index (χ0n) is 12.7. The van der Waals surface area contributed by atoms with E-state index in [1.54, 1.807) is 6.20 Å². The second-order valence-electron chi connectivity index (χ2n) is 4.76. The van der Waals surface area contributed by atoms with E-state index in [0.717, 1.165) is 23.4 Å². The van der Waals surface area contributed by atoms with E-state index >= 15 is 0 Å². The number of halogens is 1. The lowest BCUT2D eigenvalue weighted by molar-refractivity contribution is -0.384. The van der Waals surface area contributed by atoms with Crippen molar-refractivity contribution >= 4 is 34.9 Å². The zero-order chi connectivity index (χ0) is 16.8. The van der Waals surface area contributed by atoms with Gasteiger partial charge in [0.05, 0.1) is 4.92 Å². The van der Waals surface area contributed by atoms with Crippen LogP contribution in [-0.4, -0.2) is 25.6 Å². The van der Waals surface area contributed by atoms with Gasteiger partial charge in [-0.15, -0.1) is 0 Å². The number of nitrogens with zero attached hydrogens (tertiary/aromatic N) is 4. The molecule has 7 nitrogen and oxygen atoms in total. The first-order valence-electron chi connectivity index (χ1n) is 7.01. The number of pyridine rings is 1. The highest BCUT2D eigenvalue weighted by Crippen LogP contribution is 2.32. The summed E-state index contributed by atoms with van der Waals surface area (Å²) in [5.41, 5.74) is 1.48. The van der Waals surface area contributed by atoms with Crippen molar-refractivity contribution in [1.29, 1.82) is 0 Å². The van der Waals surface area contributed by atoms with Gasteiger partial charge in [-0.3, -0.25) is 15.1 Å². The molecule has 0 amide bonds. The Morgan fingerprint density at radius 3 is 2.78 bits per heavy atom. The van der Waals surface area contributed by atoms with Gasteiger partial charge in [0, 0.05) is 24.2 Å². The molecule has 0 aliphatic carbocycles. The highest BCUT2D eigenvalue weighted by molar-refractivity contribution is 7.99. The van der Waals surface area contributed by atoms with E-state index in [0.29, 0.717) is 11.7 Å². The number of nitro groups is 1. The molecule has 0 fully saturated rings. The van der Waals surface area contributed by atoms with Crippen molar-refractivity contribution in [2.75, 3.05) is 11.1 Å². The first-order valence-corrected chi connectivity index (χ1v) is 8.37. The van der Waals surface area contributed by atoms with Gasteiger partial charge in [0.15, 0.2) is 5.16 Å². The largest absolute Gasteiger partial charge is 0.360 e. The topological polar surface area (TPSA) is 93.8 Å². The van der Waals surface area contributed by atoms with Gasteiger partial charge in [-0.1, -0.05) is 36.4 Å². The van der Waals surface area contributed by atoms with Crippen LogP contribution < -0.4 is 5.32 Å². The summed E-state index contributed by atoms with van der Waals surface area (Å²) in [7, 11) is 0. The number of thioether (sulfide) groups is 1. The van der Waals surface area contributed by atoms with Crippen molar-refractivity contribution in [3.63, 3.8) is 0 Å². The van der Waals surface area contributed by atoms with Crippen LogP contribution in [0.25, 0.3) is 0 Å². The summed E-state index contributed by atoms with van der Waals surface area (Å²) in [5.74, 6) is 0.935. The average Bonchev–Trinajstić information content (AvgIpc) is 2.51. The molecule has 2 aromatic rings. The van der Waals surface area contributed by atoms with Crippen molar-refractivity contribution in [2.24, 2.45) is 0 Å². The van der Waals surface area contributed by atoms with Crippen molar-refractivity contribution in [1.82, 2.24) is 15.0 Å². The van der Waals surface area contributed by atoms with Crippen molar-refractivity contribution < 1.29 is 4.92 Å². The van der Waals surface area contributed by atoms with Crippen LogP contribution in [0.5, 0.6) is 0 Å². The van der Waals surface area contributed by atoms with Gasteiger partial charge >= 0.3 is 5.69 Å². The van der Waals surface area contributed by atoms with Gasteiger partial charge in [0.25, 0.3) is 0 Å². The molecular weight excluding hydrogens is 338 g/mol. The summed E-state index contributed by atoms with van der Waals surface area (Å²) < 4.78 is 0. The molecule has 2 rings (SSSR count). The van der Waals surface area contributed by atoms with Crippen LogP contribution in [0.1, 0.15) is 24.6 Å². The molecular formula is C14H16ClN5O2S. The Balaban J connectivity index is 2.24. The van der Waals surface area contributed by atoms with Crippen LogP contribution in [0, 0.1) is 17.0 Å². The molecule has 0 unspecified atom stereocenters. The third kappa shape index (κ3) is 4.77. The summed E-state index contributed by atoms with van der Waals surface area (Å²) in [6.45, 7) is 4.28. The summed E-state index contributed by atoms with van der Waals surface area (Å²) in [4.78, 5) is 23.0. The quantitative estimate of drug-likeness (QED) is 0.265. The number of nitrogens with one attached hydrogen (secondary N) is 1. The summed E-state index contributed by atoms with van der Waals surface area (Å²) >= 11 is 7.36. The molecule has 0 aliphatic rings. The maximum Gasteiger partial charge on any atom is 0.348 e. The van der Waals surface area contributed by atoms with E-state index in [1.807, 2.05) is 26.0 Å². The Hall–Kier alpha value is -1.93. The molecule has 2 aromatic heterocycles. The number of aromatic nitrogens is 3. The van der Waals surface area contributed by atoms with Crippen molar-refractivity contribution in [2.45, 2.75) is 32.0 Å². The van der Waals surface area contributed by atoms with Crippen LogP contribution in [0.3, 0.4) is 0 Å². The predicted octanol–water partition coefficient (Wildman–Crippen LogP) is 3.86. The molecule has 1 N–H and O–H groups in total. The fourth-order valence-electron chi connectivity index (χ4n) is 1.74. The Labute approximate surface area is 143 Å². The molecule has 2 heterocycles. The van der Waals surface area contributed by atoms with Gasteiger partial charge < -0.3 is 5.32 Å². The van der Waals surface area contributed by atoms with Crippen molar-refractivity contribution in [3.8, 4) is 0 Å². The number of aryl methyl sites for hydroxylation is 1. The van der Waals surface area contributed by atoms with Gasteiger partial charge in [-0.2, -0.15) is 4.98 Å². The molecule has 0 aliphatic heterocycles. The van der Waals surface area contributed by atoms with Crippen LogP contribution in [0.15, 0.2) is 23.5 Å². The number of rotatable bonds is 7. The minimum atomic E-state index is -0.577. The summed E-state index contributed by atoms with van der Waals surface area (Å²) in [6.07, 6.45) is 2.66. The third-order valence-electron chi connectivity index (χ3n) is 2.87. The SMILES string of the molecule is CCCSc1nc(Cl)c([N+](=O)[O-])c(NCc2ccc(C)nc2)n1. The molecule has 122 valence electrons. The van der Waals surface area contributed by atoms with Gasteiger partial charge in [-0.05, 0) is 25.0 Å². The lowest BCUT2D eigenvalue weighted by Gasteiger charge is -2.09. The highest BCUT2D eigenvalue weighted by atomic mass is 35.5. The van der Waals surface area contributed by atoms with Crippen molar-refractivity contribution in [3.05, 3.63) is 44.9 Å². The predicted molar refractivity (Wildman–Crippen MR) is 91.0 cm³/mol. The van der Waals surface area contributed by atoms with E-state index < -0.39 is 4.92 Å². The molecule has 0 atom stereocenters. The summed E-state index contributed by atoms with van der Waals surface area (Å²) in [6, 6.07) is 3.78. The first kappa shape index (κ1) is 17.4. The maximum absolute atomic E-state index is 11.2. The fourth-order valence-corrected chi connectivity index (χ4v) is 2.73. The van der Waals surface area contributed by atoms with E-state index in [9.17, 15) is 10.1 Å². The lowest BCUT2D eigenvalue weighted by Crippen LogP contribution is -2.07. The van der Waals surface area contributed by atoms with Gasteiger partial charge in [0.1, 0.15) is 0 Å². The lowest BCUT2D eigenvalue weighted by atomic mass is 10.2. The maximum atomic E-state index is 11.2. The monoisotopic (exact) mass is 353 g/mol. The Bertz CT molecular complexity index is 696. The van der Waals surface area contributed by atoms with E-state index in [1.165, 1.54) is 11.8 Å². The highest BCUT2D eigenvalue weighted by Gasteiger charge is 2.23. The summed E-state index contributed by atoms with van der Waals surface area (Å²) in [5, 5.41) is 14.4. The van der Waals surface area contributed by atoms with E-state index in [-0.39, 0.29) is 16.7 Å². The second-order valence-corrected chi connectivity index (χ2v) is 6.18. The Kier molecular flexibility index (Phi) is 6.12. The number of anilines is 1. The normalized spacial score (nSPS) is 10.6. The molecule has 23 heavy (non-hydrogen) atoms. The fraction of sp³-hybridized carbons (Fsp3) is 0.357. The van der Waals surface area contributed by atoms with E-state index in [4.69, 9.17) is 11.6 Å². The first-order chi connectivity index (χ1) is 11.0. The minimum absolute atomic E-state index is 0.120. The average molecular weight is 354 g/mol. The minimum Gasteiger partial charge on any atom is -0.360 e. The third-order valence-corrected chi connectivity index (χ3v) is 4.19. The molecule has 0 spiro atoms. The molecule has 0 radical (unpaired) electrons. The van der Waals surface area contributed by atoms with Gasteiger partial charge in [-0.25, -0.2) is 4.98 Å². The zero-order valence-corrected chi connectivity index (χ0v) is 14.3. The van der Waals surface area contributed by atoms with Crippen LogP contribution >= 0.6 is 23.4 Å². The molecule has 0 saturated heterocycles. The Morgan fingerprint density at radius 2 is 2.17 bits per heavy atom. The van der Waals surface area contributed by atoms with Crippen LogP contribution in [-0.2, 0) is 6.54 Å². The van der Waals surface area contributed by atoms with Crippen LogP contribution in [0.2, 0.25) is 5.15 Å². The van der Waals surface area contributed by atoms with Crippen LogP contribution in [0.4, 0.5) is 11.5 Å². The second kappa shape index (κ2) is 8.07. The molecule has 0 aromatic carbocycles. The number of hydrogen-bond donors (Lipinski definition) is 1. The van der Waals surface area contributed by atoms with E-state index in [2.05, 4.69) is 20.3 Å². The Morgan fingerprint density at radius 1 is 1.39 bits per heavy atom. The van der Waals surface area contributed by atoms with Gasteiger partial charge in [0.2, 0.25) is 11.0 Å². The molecule has 9 heteroatoms. The number of hydrogen-bond acceptors (Lipinski definition) is 7. The standard InChI is InChI=1S/C14H16ClN5O2S/c1-3-6-23-14-18-12(15)11(20(21)22)13(19-14)17-8-10-5-4-9(2)16-7-10/h4-5,7H,3,6,8H2,1-2H3,(H,17,18,19). The smallest absolute Gasteiger partial charge is 0.348 e.